The molecule has 2 heterocycles. The van der Waals surface area contributed by atoms with Crippen LogP contribution in [0.15, 0.2) is 35.3 Å². The molecule has 0 bridgehead atoms. The molecule has 1 radical (unpaired) electrons. The minimum Gasteiger partial charge on any atom is -0.480 e. The Kier molecular flexibility index (Phi) is 12.0. The molecule has 0 spiro atoms. The third-order valence-electron chi connectivity index (χ3n) is 6.24. The first kappa shape index (κ1) is 32.7. The summed E-state index contributed by atoms with van der Waals surface area (Å²) in [5.74, 6) is -2.07. The number of H-pyrrole nitrogens is 1. The van der Waals surface area contributed by atoms with Crippen molar-refractivity contribution in [2.45, 2.75) is 64.7 Å². The average Bonchev–Trinajstić information content (AvgIpc) is 2.91. The third kappa shape index (κ3) is 9.91. The minimum atomic E-state index is -1.25. The Balaban J connectivity index is 0.00000484. The van der Waals surface area contributed by atoms with Crippen molar-refractivity contribution in [2.24, 2.45) is 0 Å². The number of carbonyl (C=O) groups is 3. The molecular formula is C27H39N9O5V. The molecule has 2 aromatic heterocycles. The maximum Gasteiger partial charge on any atom is 0.326 e. The molecule has 3 rings (SSSR count). The maximum atomic E-state index is 12.8. The van der Waals surface area contributed by atoms with E-state index in [0.29, 0.717) is 24.5 Å². The smallest absolute Gasteiger partial charge is 0.326 e. The molecule has 1 atom stereocenters. The SMILES string of the molecule is [2HH].[2H]C(C)(C)NCCNC(C)(C)C(=O)CC[C@H](NC(=O)c1ccc(NCc2cnc3nc(N)[nH]c(=O)c3n2)cc1)C(=O)O.[V]. The Morgan fingerprint density at radius 3 is 2.50 bits per heavy atom. The van der Waals surface area contributed by atoms with E-state index in [-0.39, 0.29) is 67.8 Å². The van der Waals surface area contributed by atoms with Gasteiger partial charge in [-0.1, -0.05) is 13.8 Å². The fourth-order valence-corrected chi connectivity index (χ4v) is 3.86. The van der Waals surface area contributed by atoms with Gasteiger partial charge in [0.15, 0.2) is 16.9 Å². The van der Waals surface area contributed by atoms with Crippen LogP contribution in [0.2, 0.25) is 0 Å². The first-order valence-electron chi connectivity index (χ1n) is 13.6. The number of nitrogens with zero attached hydrogens (tertiary/aromatic N) is 3. The molecule has 3 aromatic rings. The van der Waals surface area contributed by atoms with Gasteiger partial charge in [0, 0.05) is 58.1 Å². The number of hydrogen-bond donors (Lipinski definition) is 7. The quantitative estimate of drug-likeness (QED) is 0.118. The van der Waals surface area contributed by atoms with E-state index >= 15 is 0 Å². The minimum absolute atomic E-state index is 0. The topological polar surface area (TPSA) is 217 Å². The number of hydrogen-bond acceptors (Lipinski definition) is 11. The fraction of sp³-hybridized carbons (Fsp3) is 0.444. The van der Waals surface area contributed by atoms with Crippen LogP contribution in [0, 0.1) is 0 Å². The normalized spacial score (nSPS) is 12.6. The van der Waals surface area contributed by atoms with Crippen LogP contribution in [0.1, 0.15) is 59.4 Å². The molecule has 15 heteroatoms. The van der Waals surface area contributed by atoms with Crippen molar-refractivity contribution in [3.05, 3.63) is 52.1 Å². The number of benzene rings is 1. The number of fused-ring (bicyclic) bond motifs is 1. The molecule has 0 saturated heterocycles. The van der Waals surface area contributed by atoms with Crippen molar-refractivity contribution in [1.82, 2.24) is 35.9 Å². The molecule has 0 fully saturated rings. The maximum absolute atomic E-state index is 12.8. The van der Waals surface area contributed by atoms with Gasteiger partial charge in [-0.15, -0.1) is 0 Å². The van der Waals surface area contributed by atoms with Gasteiger partial charge in [0.05, 0.1) is 24.0 Å². The summed E-state index contributed by atoms with van der Waals surface area (Å²) < 4.78 is 7.80. The van der Waals surface area contributed by atoms with E-state index in [1.54, 1.807) is 39.8 Å². The number of anilines is 2. The molecule has 14 nitrogen and oxygen atoms in total. The summed E-state index contributed by atoms with van der Waals surface area (Å²) in [6.07, 6.45) is 1.35. The summed E-state index contributed by atoms with van der Waals surface area (Å²) in [6.45, 7) is 8.04. The number of nitrogen functional groups attached to an aromatic ring is 1. The van der Waals surface area contributed by atoms with Gasteiger partial charge in [0.2, 0.25) is 5.95 Å². The Morgan fingerprint density at radius 2 is 1.86 bits per heavy atom. The molecular weight excluding hydrogens is 581 g/mol. The number of aliphatic carboxylic acids is 1. The van der Waals surface area contributed by atoms with Gasteiger partial charge >= 0.3 is 5.97 Å². The number of nitrogens with two attached hydrogens (primary N) is 1. The summed E-state index contributed by atoms with van der Waals surface area (Å²) in [5, 5.41) is 21.4. The second kappa shape index (κ2) is 15.4. The van der Waals surface area contributed by atoms with E-state index < -0.39 is 35.0 Å². The second-order valence-electron chi connectivity index (χ2n) is 10.2. The molecule has 227 valence electrons. The number of aromatic amines is 1. The van der Waals surface area contributed by atoms with Crippen LogP contribution in [0.4, 0.5) is 11.6 Å². The Hall–Kier alpha value is -3.85. The van der Waals surface area contributed by atoms with E-state index in [0.717, 1.165) is 0 Å². The van der Waals surface area contributed by atoms with Crippen molar-refractivity contribution < 1.29 is 40.8 Å². The molecule has 1 amide bonds. The van der Waals surface area contributed by atoms with E-state index in [1.807, 2.05) is 0 Å². The predicted molar refractivity (Wildman–Crippen MR) is 157 cm³/mol. The van der Waals surface area contributed by atoms with Crippen LogP contribution < -0.4 is 32.6 Å². The zero-order chi connectivity index (χ0) is 31.1. The Bertz CT molecular complexity index is 1500. The molecule has 0 aliphatic heterocycles. The van der Waals surface area contributed by atoms with Crippen molar-refractivity contribution >= 4 is 40.5 Å². The van der Waals surface area contributed by atoms with E-state index in [4.69, 9.17) is 7.10 Å². The average molecular weight is 623 g/mol. The van der Waals surface area contributed by atoms with Gasteiger partial charge in [-0.05, 0) is 44.5 Å². The number of carboxylic acids is 1. The first-order chi connectivity index (χ1) is 19.6. The van der Waals surface area contributed by atoms with Crippen LogP contribution in [-0.4, -0.2) is 73.4 Å². The zero-order valence-corrected chi connectivity index (χ0v) is 25.3. The zero-order valence-electron chi connectivity index (χ0n) is 24.9. The van der Waals surface area contributed by atoms with Gasteiger partial charge in [0.1, 0.15) is 6.04 Å². The monoisotopic (exact) mass is 622 g/mol. The van der Waals surface area contributed by atoms with Gasteiger partial charge in [0.25, 0.3) is 11.5 Å². The predicted octanol–water partition coefficient (Wildman–Crippen LogP) is 1.05. The first-order valence-corrected chi connectivity index (χ1v) is 13.1. The van der Waals surface area contributed by atoms with Crippen LogP contribution in [0.25, 0.3) is 11.2 Å². The summed E-state index contributed by atoms with van der Waals surface area (Å²) in [5.41, 5.74) is 5.69. The fourth-order valence-electron chi connectivity index (χ4n) is 3.86. The van der Waals surface area contributed by atoms with Gasteiger partial charge < -0.3 is 32.1 Å². The molecule has 0 aliphatic rings. The number of carbonyl (C=O) groups excluding carboxylic acids is 2. The summed E-state index contributed by atoms with van der Waals surface area (Å²) in [4.78, 5) is 64.0. The Morgan fingerprint density at radius 1 is 1.17 bits per heavy atom. The standard InChI is InChI=1S/C27H37N9O5.V.H2/c1-15(2)29-11-12-32-27(3,4)20(37)10-9-19(25(40)41)34-23(38)16-5-7-17(8-6-16)30-13-18-14-31-22-21(33-18)24(39)36-26(28)35-22;;/h5-8,14-15,19,29-30,32H,9-13H2,1-4H3,(H,34,38)(H,40,41)(H3,28,31,35,36,39);;1H/t19-;;/m0../s1/i15D;;1+1. The third-order valence-corrected chi connectivity index (χ3v) is 6.24. The van der Waals surface area contributed by atoms with E-state index in [9.17, 15) is 24.3 Å². The molecule has 0 unspecified atom stereocenters. The number of carboxylic acid groups (broad SMARTS) is 1. The van der Waals surface area contributed by atoms with Gasteiger partial charge in [-0.2, -0.15) is 4.98 Å². The largest absolute Gasteiger partial charge is 0.480 e. The van der Waals surface area contributed by atoms with E-state index in [1.165, 1.54) is 18.3 Å². The van der Waals surface area contributed by atoms with Crippen LogP contribution in [-0.2, 0) is 34.7 Å². The van der Waals surface area contributed by atoms with Crippen LogP contribution >= 0.6 is 0 Å². The number of ketones is 1. The molecule has 42 heavy (non-hydrogen) atoms. The summed E-state index contributed by atoms with van der Waals surface area (Å²) in [6, 6.07) is 4.31. The number of aromatic nitrogens is 4. The van der Waals surface area contributed by atoms with Gasteiger partial charge in [-0.3, -0.25) is 19.4 Å². The number of rotatable bonds is 15. The summed E-state index contributed by atoms with van der Waals surface area (Å²) >= 11 is 0. The number of nitrogens with one attached hydrogen (secondary N) is 5. The molecule has 0 saturated carbocycles. The molecule has 8 N–H and O–H groups in total. The van der Waals surface area contributed by atoms with Crippen molar-refractivity contribution in [3.63, 3.8) is 0 Å². The number of amides is 1. The molecule has 1 aromatic carbocycles. The van der Waals surface area contributed by atoms with Gasteiger partial charge in [-0.25, -0.2) is 14.8 Å². The van der Waals surface area contributed by atoms with E-state index in [2.05, 4.69) is 41.2 Å². The van der Waals surface area contributed by atoms with Crippen LogP contribution in [0.5, 0.6) is 0 Å². The second-order valence-corrected chi connectivity index (χ2v) is 10.2. The van der Waals surface area contributed by atoms with Crippen molar-refractivity contribution in [1.29, 1.82) is 0 Å². The molecule has 0 aliphatic carbocycles. The summed E-state index contributed by atoms with van der Waals surface area (Å²) in [7, 11) is 0. The number of Topliss-reactive ketones (excluding diaryl/α,β-unsaturated/α-hetero) is 1. The Labute approximate surface area is 257 Å². The van der Waals surface area contributed by atoms with Crippen LogP contribution in [0.3, 0.4) is 0 Å². The van der Waals surface area contributed by atoms with Crippen molar-refractivity contribution in [3.8, 4) is 0 Å². The van der Waals surface area contributed by atoms with Crippen molar-refractivity contribution in [2.75, 3.05) is 24.1 Å².